The number of amides is 1. The number of nitrogens with one attached hydrogen (secondary N) is 2. The predicted molar refractivity (Wildman–Crippen MR) is 162 cm³/mol. The lowest BCUT2D eigenvalue weighted by atomic mass is 9.93. The fourth-order valence-electron chi connectivity index (χ4n) is 4.36. The Morgan fingerprint density at radius 1 is 0.953 bits per heavy atom. The highest BCUT2D eigenvalue weighted by Gasteiger charge is 2.48. The number of rotatable bonds is 9. The van der Waals surface area contributed by atoms with Crippen molar-refractivity contribution in [2.75, 3.05) is 17.6 Å². The smallest absolute Gasteiger partial charge is 0.274 e. The predicted octanol–water partition coefficient (Wildman–Crippen LogP) is 3.11. The number of carbonyl (C=O) groups is 1. The summed E-state index contributed by atoms with van der Waals surface area (Å²) in [5.41, 5.74) is 6.10. The van der Waals surface area contributed by atoms with Crippen molar-refractivity contribution >= 4 is 54.8 Å². The third-order valence-electron chi connectivity index (χ3n) is 6.64. The molecule has 222 valence electrons. The molecule has 1 amide bonds. The van der Waals surface area contributed by atoms with E-state index in [0.29, 0.717) is 33.1 Å². The molecular weight excluding hydrogens is 616 g/mol. The van der Waals surface area contributed by atoms with Gasteiger partial charge in [0.2, 0.25) is 25.6 Å². The number of nitrogen functional groups attached to an aromatic ring is 1. The van der Waals surface area contributed by atoms with Crippen LogP contribution in [-0.2, 0) is 29.7 Å². The zero-order valence-electron chi connectivity index (χ0n) is 22.3. The van der Waals surface area contributed by atoms with Gasteiger partial charge in [-0.05, 0) is 42.5 Å². The molecule has 0 saturated heterocycles. The summed E-state index contributed by atoms with van der Waals surface area (Å²) in [5.74, 6) is -0.631. The van der Waals surface area contributed by atoms with Gasteiger partial charge in [-0.25, -0.2) is 31.7 Å². The molecule has 6 N–H and O–H groups in total. The van der Waals surface area contributed by atoms with Crippen molar-refractivity contribution in [3.8, 4) is 11.1 Å². The number of nitrogens with two attached hydrogens (primary N) is 2. The van der Waals surface area contributed by atoms with Crippen LogP contribution < -0.4 is 20.9 Å². The van der Waals surface area contributed by atoms with Gasteiger partial charge in [-0.15, -0.1) is 0 Å². The summed E-state index contributed by atoms with van der Waals surface area (Å²) in [6, 6.07) is 21.7. The van der Waals surface area contributed by atoms with Crippen LogP contribution in [0.3, 0.4) is 0 Å². The molecule has 0 radical (unpaired) electrons. The quantitative estimate of drug-likeness (QED) is 0.200. The van der Waals surface area contributed by atoms with Crippen molar-refractivity contribution in [1.29, 1.82) is 0 Å². The minimum atomic E-state index is -4.01. The van der Waals surface area contributed by atoms with Gasteiger partial charge >= 0.3 is 0 Å². The second kappa shape index (κ2) is 11.7. The summed E-state index contributed by atoms with van der Waals surface area (Å²) in [5, 5.41) is 12.4. The first-order chi connectivity index (χ1) is 20.4. The second-order valence-electron chi connectivity index (χ2n) is 9.60. The van der Waals surface area contributed by atoms with Crippen LogP contribution in [0.1, 0.15) is 12.0 Å². The van der Waals surface area contributed by atoms with Crippen LogP contribution >= 0.6 is 11.6 Å². The minimum Gasteiger partial charge on any atom is -0.398 e. The molecule has 0 bridgehead atoms. The SMILES string of the molecule is Nc1cc(C2=NO[C@](CNS(=O)(=O)c3ccccc3)(C(=O)Nc3ccc(-c4ccccc4S(N)(=O)=O)cn3)C2)ccc1Cl. The van der Waals surface area contributed by atoms with Crippen molar-refractivity contribution in [2.24, 2.45) is 10.3 Å². The van der Waals surface area contributed by atoms with Crippen molar-refractivity contribution in [1.82, 2.24) is 9.71 Å². The molecule has 1 aromatic heterocycles. The number of nitrogens with zero attached hydrogens (tertiary/aromatic N) is 2. The van der Waals surface area contributed by atoms with Gasteiger partial charge in [0.05, 0.1) is 32.8 Å². The van der Waals surface area contributed by atoms with Gasteiger partial charge in [-0.1, -0.05) is 59.2 Å². The normalized spacial score (nSPS) is 16.7. The molecule has 15 heteroatoms. The van der Waals surface area contributed by atoms with Gasteiger partial charge in [0.25, 0.3) is 5.91 Å². The second-order valence-corrected chi connectivity index (χ2v) is 13.3. The Morgan fingerprint density at radius 3 is 2.33 bits per heavy atom. The van der Waals surface area contributed by atoms with Crippen LogP contribution in [-0.4, -0.2) is 45.6 Å². The van der Waals surface area contributed by atoms with Crippen LogP contribution in [0, 0.1) is 0 Å². The van der Waals surface area contributed by atoms with Crippen molar-refractivity contribution in [3.63, 3.8) is 0 Å². The van der Waals surface area contributed by atoms with Crippen LogP contribution in [0.2, 0.25) is 5.02 Å². The lowest BCUT2D eigenvalue weighted by Crippen LogP contribution is -2.52. The van der Waals surface area contributed by atoms with Crippen LogP contribution in [0.5, 0.6) is 0 Å². The van der Waals surface area contributed by atoms with Gasteiger partial charge in [-0.3, -0.25) is 4.79 Å². The van der Waals surface area contributed by atoms with Gasteiger partial charge in [0.15, 0.2) is 0 Å². The first-order valence-electron chi connectivity index (χ1n) is 12.6. The van der Waals surface area contributed by atoms with E-state index in [1.54, 1.807) is 60.7 Å². The van der Waals surface area contributed by atoms with Crippen molar-refractivity contribution in [2.45, 2.75) is 21.8 Å². The van der Waals surface area contributed by atoms with Gasteiger partial charge in [0.1, 0.15) is 5.82 Å². The maximum Gasteiger partial charge on any atom is 0.274 e. The van der Waals surface area contributed by atoms with E-state index in [1.807, 2.05) is 0 Å². The first kappa shape index (κ1) is 30.1. The number of benzene rings is 3. The molecule has 4 aromatic rings. The third-order valence-corrected chi connectivity index (χ3v) is 9.37. The molecule has 0 fully saturated rings. The molecule has 1 aliphatic heterocycles. The summed E-state index contributed by atoms with van der Waals surface area (Å²) < 4.78 is 52.5. The molecule has 0 spiro atoms. The Kier molecular flexibility index (Phi) is 8.23. The molecule has 2 heterocycles. The van der Waals surface area contributed by atoms with Gasteiger partial charge in [-0.2, -0.15) is 0 Å². The number of hydrogen-bond donors (Lipinski definition) is 4. The number of primary sulfonamides is 1. The lowest BCUT2D eigenvalue weighted by molar-refractivity contribution is -0.137. The highest BCUT2D eigenvalue weighted by Crippen LogP contribution is 2.31. The molecular formula is C28H25ClN6O6S2. The van der Waals surface area contributed by atoms with Crippen molar-refractivity contribution in [3.05, 3.63) is 102 Å². The largest absolute Gasteiger partial charge is 0.398 e. The van der Waals surface area contributed by atoms with E-state index in [2.05, 4.69) is 20.2 Å². The van der Waals surface area contributed by atoms with E-state index >= 15 is 0 Å². The molecule has 1 aliphatic rings. The Labute approximate surface area is 252 Å². The summed E-state index contributed by atoms with van der Waals surface area (Å²) >= 11 is 6.04. The van der Waals surface area contributed by atoms with Crippen LogP contribution in [0.25, 0.3) is 11.1 Å². The summed E-state index contributed by atoms with van der Waals surface area (Å²) in [4.78, 5) is 23.5. The zero-order valence-corrected chi connectivity index (χ0v) is 24.7. The van der Waals surface area contributed by atoms with E-state index in [9.17, 15) is 21.6 Å². The molecule has 43 heavy (non-hydrogen) atoms. The molecule has 1 atom stereocenters. The average Bonchev–Trinajstić information content (AvgIpc) is 3.44. The number of pyridine rings is 1. The van der Waals surface area contributed by atoms with Gasteiger partial charge in [0, 0.05) is 29.3 Å². The molecule has 0 unspecified atom stereocenters. The monoisotopic (exact) mass is 640 g/mol. The van der Waals surface area contributed by atoms with Crippen molar-refractivity contribution < 1.29 is 26.5 Å². The minimum absolute atomic E-state index is 0.00667. The zero-order chi connectivity index (χ0) is 30.8. The number of halogens is 1. The number of oxime groups is 1. The van der Waals surface area contributed by atoms with Gasteiger partial charge < -0.3 is 15.9 Å². The topological polar surface area (TPSA) is 196 Å². The third kappa shape index (κ3) is 6.53. The number of anilines is 2. The molecule has 5 rings (SSSR count). The fraction of sp³-hybridized carbons (Fsp3) is 0.107. The summed E-state index contributed by atoms with van der Waals surface area (Å²) in [6.07, 6.45) is 1.26. The van der Waals surface area contributed by atoms with E-state index in [0.717, 1.165) is 0 Å². The Morgan fingerprint density at radius 2 is 1.65 bits per heavy atom. The summed E-state index contributed by atoms with van der Waals surface area (Å²) in [6.45, 7) is -0.466. The van der Waals surface area contributed by atoms with E-state index < -0.39 is 38.1 Å². The number of aromatic nitrogens is 1. The Hall–Kier alpha value is -4.34. The Balaban J connectivity index is 1.41. The maximum absolute atomic E-state index is 13.7. The highest BCUT2D eigenvalue weighted by atomic mass is 35.5. The first-order valence-corrected chi connectivity index (χ1v) is 16.0. The molecule has 3 aromatic carbocycles. The Bertz CT molecular complexity index is 1940. The van der Waals surface area contributed by atoms with E-state index in [-0.39, 0.29) is 22.0 Å². The number of sulfonamides is 2. The maximum atomic E-state index is 13.7. The average molecular weight is 641 g/mol. The van der Waals surface area contributed by atoms with Crippen LogP contribution in [0.4, 0.5) is 11.5 Å². The molecule has 0 aliphatic carbocycles. The number of hydrogen-bond acceptors (Lipinski definition) is 9. The van der Waals surface area contributed by atoms with E-state index in [4.69, 9.17) is 27.3 Å². The molecule has 0 saturated carbocycles. The standard InChI is InChI=1S/C28H25ClN6O6S2/c29-22-12-10-18(14-23(22)30)24-15-28(41-35-24,17-33-43(39,40)20-6-2-1-3-7-20)27(36)34-26-13-11-19(16-32-26)21-8-4-5-9-25(21)42(31,37)38/h1-14,16,33H,15,17,30H2,(H2,31,37,38)(H,32,34,36)/t28-/m1/s1. The highest BCUT2D eigenvalue weighted by molar-refractivity contribution is 7.89. The fourth-order valence-corrected chi connectivity index (χ4v) is 6.34. The lowest BCUT2D eigenvalue weighted by Gasteiger charge is -2.25. The van der Waals surface area contributed by atoms with Crippen LogP contribution in [0.15, 0.2) is 106 Å². The molecule has 12 nitrogen and oxygen atoms in total. The van der Waals surface area contributed by atoms with E-state index in [1.165, 1.54) is 30.5 Å². The summed E-state index contributed by atoms with van der Waals surface area (Å²) in [7, 11) is -8.01. The number of carbonyl (C=O) groups excluding carboxylic acids is 1.